The lowest BCUT2D eigenvalue weighted by molar-refractivity contribution is 0.793. The smallest absolute Gasteiger partial charge is 0.200 e. The molecular formula is C14H17N5S. The normalized spacial score (nSPS) is 12.7. The van der Waals surface area contributed by atoms with Crippen molar-refractivity contribution in [3.05, 3.63) is 40.5 Å². The number of thiophene rings is 1. The number of aryl methyl sites for hydroxylation is 1. The second kappa shape index (κ2) is 5.58. The van der Waals surface area contributed by atoms with Gasteiger partial charge in [0, 0.05) is 17.3 Å². The summed E-state index contributed by atoms with van der Waals surface area (Å²) in [4.78, 5) is 1.38. The summed E-state index contributed by atoms with van der Waals surface area (Å²) in [6.07, 6.45) is 3.54. The Morgan fingerprint density at radius 1 is 1.45 bits per heavy atom. The molecule has 3 heterocycles. The van der Waals surface area contributed by atoms with E-state index in [9.17, 15) is 0 Å². The van der Waals surface area contributed by atoms with Gasteiger partial charge in [0.15, 0.2) is 0 Å². The Kier molecular flexibility index (Phi) is 3.64. The van der Waals surface area contributed by atoms with Crippen molar-refractivity contribution in [2.75, 3.05) is 5.32 Å². The largest absolute Gasteiger partial charge is 0.379 e. The molecule has 5 nitrogen and oxygen atoms in total. The monoisotopic (exact) mass is 287 g/mol. The van der Waals surface area contributed by atoms with Crippen LogP contribution in [0.3, 0.4) is 0 Å². The maximum Gasteiger partial charge on any atom is 0.200 e. The lowest BCUT2D eigenvalue weighted by Gasteiger charge is -2.15. The molecule has 1 atom stereocenters. The third-order valence-electron chi connectivity index (χ3n) is 3.17. The Hall–Kier alpha value is -1.95. The first-order valence-corrected chi connectivity index (χ1v) is 7.63. The van der Waals surface area contributed by atoms with Crippen molar-refractivity contribution >= 4 is 22.7 Å². The Labute approximate surface area is 121 Å². The van der Waals surface area contributed by atoms with E-state index in [-0.39, 0.29) is 0 Å². The summed E-state index contributed by atoms with van der Waals surface area (Å²) in [5.41, 5.74) is 2.81. The van der Waals surface area contributed by atoms with Crippen molar-refractivity contribution in [3.8, 4) is 0 Å². The number of aromatic nitrogens is 4. The molecule has 0 fully saturated rings. The van der Waals surface area contributed by atoms with E-state index in [2.05, 4.69) is 58.0 Å². The molecule has 0 aromatic carbocycles. The highest BCUT2D eigenvalue weighted by molar-refractivity contribution is 7.09. The zero-order chi connectivity index (χ0) is 13.9. The Balaban J connectivity index is 1.84. The Morgan fingerprint density at radius 2 is 2.35 bits per heavy atom. The molecule has 3 rings (SSSR count). The third-order valence-corrected chi connectivity index (χ3v) is 4.07. The van der Waals surface area contributed by atoms with Crippen LogP contribution in [0.5, 0.6) is 0 Å². The zero-order valence-electron chi connectivity index (χ0n) is 11.6. The standard InChI is InChI=1S/C14H17N5S/c1-3-11-8-13(14-17-15-9-19(14)18-11)16-10(2)7-12-5-4-6-20-12/h4-6,8-10,16H,3,7H2,1-2H3. The van der Waals surface area contributed by atoms with E-state index in [1.54, 1.807) is 22.2 Å². The van der Waals surface area contributed by atoms with Crippen LogP contribution in [0.25, 0.3) is 5.65 Å². The van der Waals surface area contributed by atoms with Gasteiger partial charge < -0.3 is 5.32 Å². The second-order valence-electron chi connectivity index (χ2n) is 4.83. The van der Waals surface area contributed by atoms with Crippen LogP contribution in [-0.2, 0) is 12.8 Å². The summed E-state index contributed by atoms with van der Waals surface area (Å²) in [6, 6.07) is 6.65. The molecule has 0 aliphatic rings. The summed E-state index contributed by atoms with van der Waals surface area (Å²) >= 11 is 1.79. The van der Waals surface area contributed by atoms with Crippen molar-refractivity contribution in [2.45, 2.75) is 32.7 Å². The van der Waals surface area contributed by atoms with Crippen LogP contribution in [0.2, 0.25) is 0 Å². The quantitative estimate of drug-likeness (QED) is 0.784. The van der Waals surface area contributed by atoms with Gasteiger partial charge in [0.25, 0.3) is 0 Å². The van der Waals surface area contributed by atoms with Crippen LogP contribution in [-0.4, -0.2) is 25.9 Å². The molecule has 0 saturated heterocycles. The molecule has 104 valence electrons. The first kappa shape index (κ1) is 13.1. The summed E-state index contributed by atoms with van der Waals surface area (Å²) < 4.78 is 1.74. The Morgan fingerprint density at radius 3 is 3.10 bits per heavy atom. The summed E-state index contributed by atoms with van der Waals surface area (Å²) in [5.74, 6) is 0. The average Bonchev–Trinajstić information content (AvgIpc) is 3.09. The van der Waals surface area contributed by atoms with E-state index in [0.29, 0.717) is 6.04 Å². The summed E-state index contributed by atoms with van der Waals surface area (Å²) in [7, 11) is 0. The van der Waals surface area contributed by atoms with Gasteiger partial charge in [-0.3, -0.25) is 0 Å². The van der Waals surface area contributed by atoms with Gasteiger partial charge in [-0.25, -0.2) is 0 Å². The number of nitrogens with zero attached hydrogens (tertiary/aromatic N) is 4. The summed E-state index contributed by atoms with van der Waals surface area (Å²) in [5, 5.41) is 18.2. The lowest BCUT2D eigenvalue weighted by atomic mass is 10.2. The van der Waals surface area contributed by atoms with E-state index in [1.807, 2.05) is 0 Å². The maximum atomic E-state index is 4.45. The average molecular weight is 287 g/mol. The van der Waals surface area contributed by atoms with Crippen LogP contribution >= 0.6 is 11.3 Å². The van der Waals surface area contributed by atoms with Crippen molar-refractivity contribution in [1.29, 1.82) is 0 Å². The molecule has 0 aliphatic heterocycles. The van der Waals surface area contributed by atoms with Crippen molar-refractivity contribution in [1.82, 2.24) is 19.8 Å². The fourth-order valence-corrected chi connectivity index (χ4v) is 3.04. The lowest BCUT2D eigenvalue weighted by Crippen LogP contribution is -2.18. The fraction of sp³-hybridized carbons (Fsp3) is 0.357. The molecule has 0 spiro atoms. The molecule has 0 bridgehead atoms. The molecule has 0 aliphatic carbocycles. The minimum atomic E-state index is 0.334. The molecule has 0 saturated carbocycles. The van der Waals surface area contributed by atoms with Crippen LogP contribution in [0.4, 0.5) is 5.69 Å². The van der Waals surface area contributed by atoms with Gasteiger partial charge in [0.2, 0.25) is 5.65 Å². The topological polar surface area (TPSA) is 55.1 Å². The first-order chi connectivity index (χ1) is 9.76. The highest BCUT2D eigenvalue weighted by Gasteiger charge is 2.11. The highest BCUT2D eigenvalue weighted by Crippen LogP contribution is 2.19. The molecule has 0 amide bonds. The maximum absolute atomic E-state index is 4.45. The minimum Gasteiger partial charge on any atom is -0.379 e. The molecule has 3 aromatic rings. The zero-order valence-corrected chi connectivity index (χ0v) is 12.4. The number of hydrogen-bond donors (Lipinski definition) is 1. The van der Waals surface area contributed by atoms with Gasteiger partial charge in [-0.05, 0) is 30.9 Å². The van der Waals surface area contributed by atoms with Crippen molar-refractivity contribution < 1.29 is 0 Å². The first-order valence-electron chi connectivity index (χ1n) is 6.75. The predicted molar refractivity (Wildman–Crippen MR) is 81.3 cm³/mol. The fourth-order valence-electron chi connectivity index (χ4n) is 2.20. The predicted octanol–water partition coefficient (Wildman–Crippen LogP) is 2.79. The third kappa shape index (κ3) is 2.65. The van der Waals surface area contributed by atoms with Crippen LogP contribution < -0.4 is 5.32 Å². The molecule has 0 radical (unpaired) electrons. The number of rotatable bonds is 5. The number of fused-ring (bicyclic) bond motifs is 1. The second-order valence-corrected chi connectivity index (χ2v) is 5.86. The SMILES string of the molecule is CCc1cc(NC(C)Cc2cccs2)c2nncn2n1. The van der Waals surface area contributed by atoms with Gasteiger partial charge >= 0.3 is 0 Å². The molecule has 1 unspecified atom stereocenters. The number of nitrogens with one attached hydrogen (secondary N) is 1. The Bertz CT molecular complexity index is 689. The van der Waals surface area contributed by atoms with E-state index in [4.69, 9.17) is 0 Å². The molecule has 20 heavy (non-hydrogen) atoms. The van der Waals surface area contributed by atoms with Crippen LogP contribution in [0.15, 0.2) is 29.9 Å². The van der Waals surface area contributed by atoms with Gasteiger partial charge in [-0.15, -0.1) is 21.5 Å². The van der Waals surface area contributed by atoms with E-state index >= 15 is 0 Å². The van der Waals surface area contributed by atoms with E-state index < -0.39 is 0 Å². The van der Waals surface area contributed by atoms with Gasteiger partial charge in [0.1, 0.15) is 6.33 Å². The van der Waals surface area contributed by atoms with Gasteiger partial charge in [0.05, 0.1) is 11.4 Å². The molecule has 3 aromatic heterocycles. The molecule has 1 N–H and O–H groups in total. The molecular weight excluding hydrogens is 270 g/mol. The number of hydrogen-bond acceptors (Lipinski definition) is 5. The number of anilines is 1. The van der Waals surface area contributed by atoms with E-state index in [1.165, 1.54) is 4.88 Å². The van der Waals surface area contributed by atoms with E-state index in [0.717, 1.165) is 29.9 Å². The van der Waals surface area contributed by atoms with Gasteiger partial charge in [-0.1, -0.05) is 13.0 Å². The van der Waals surface area contributed by atoms with Crippen LogP contribution in [0.1, 0.15) is 24.4 Å². The highest BCUT2D eigenvalue weighted by atomic mass is 32.1. The van der Waals surface area contributed by atoms with Gasteiger partial charge in [-0.2, -0.15) is 9.61 Å². The minimum absolute atomic E-state index is 0.334. The van der Waals surface area contributed by atoms with Crippen molar-refractivity contribution in [2.24, 2.45) is 0 Å². The van der Waals surface area contributed by atoms with Crippen molar-refractivity contribution in [3.63, 3.8) is 0 Å². The van der Waals surface area contributed by atoms with Crippen LogP contribution in [0, 0.1) is 0 Å². The summed E-state index contributed by atoms with van der Waals surface area (Å²) in [6.45, 7) is 4.27. The molecule has 6 heteroatoms.